The van der Waals surface area contributed by atoms with Crippen LogP contribution in [0.2, 0.25) is 0 Å². The lowest BCUT2D eigenvalue weighted by Gasteiger charge is -2.01. The monoisotopic (exact) mass is 188 g/mol. The van der Waals surface area contributed by atoms with Crippen LogP contribution in [0.5, 0.6) is 0 Å². The van der Waals surface area contributed by atoms with Crippen LogP contribution >= 0.6 is 0 Å². The number of rotatable bonds is 1. The molecule has 0 spiro atoms. The Morgan fingerprint density at radius 3 is 2.93 bits per heavy atom. The maximum absolute atomic E-state index is 11.3. The van der Waals surface area contributed by atoms with Gasteiger partial charge in [0.05, 0.1) is 24.4 Å². The largest absolute Gasteiger partial charge is 0.465 e. The Morgan fingerprint density at radius 2 is 2.14 bits per heavy atom. The molecule has 0 aliphatic carbocycles. The van der Waals surface area contributed by atoms with Crippen molar-refractivity contribution in [1.29, 1.82) is 0 Å². The number of fused-ring (bicyclic) bond motifs is 1. The maximum atomic E-state index is 11.3. The summed E-state index contributed by atoms with van der Waals surface area (Å²) in [6.45, 7) is 0. The average molecular weight is 188 g/mol. The fourth-order valence-corrected chi connectivity index (χ4v) is 1.28. The van der Waals surface area contributed by atoms with Gasteiger partial charge in [0.15, 0.2) is 0 Å². The van der Waals surface area contributed by atoms with Crippen LogP contribution in [0.4, 0.5) is 0 Å². The molecule has 0 bridgehead atoms. The van der Waals surface area contributed by atoms with E-state index in [0.29, 0.717) is 11.1 Å². The molecule has 2 rings (SSSR count). The van der Waals surface area contributed by atoms with Gasteiger partial charge in [-0.05, 0) is 6.07 Å². The van der Waals surface area contributed by atoms with Gasteiger partial charge in [-0.25, -0.2) is 4.79 Å². The van der Waals surface area contributed by atoms with E-state index < -0.39 is 5.97 Å². The summed E-state index contributed by atoms with van der Waals surface area (Å²) in [6, 6.07) is 7.31. The highest BCUT2D eigenvalue weighted by Crippen LogP contribution is 2.15. The van der Waals surface area contributed by atoms with Gasteiger partial charge in [0.25, 0.3) is 0 Å². The Hall–Kier alpha value is -1.97. The van der Waals surface area contributed by atoms with Gasteiger partial charge in [-0.1, -0.05) is 18.2 Å². The highest BCUT2D eigenvalue weighted by Gasteiger charge is 2.10. The molecular weight excluding hydrogens is 180 g/mol. The number of methoxy groups -OCH3 is 1. The second-order valence-corrected chi connectivity index (χ2v) is 2.77. The number of hydrogen-bond acceptors (Lipinski definition) is 4. The zero-order valence-corrected chi connectivity index (χ0v) is 7.60. The first-order valence-corrected chi connectivity index (χ1v) is 4.11. The van der Waals surface area contributed by atoms with Crippen molar-refractivity contribution < 1.29 is 9.53 Å². The molecule has 0 saturated carbocycles. The van der Waals surface area contributed by atoms with Crippen LogP contribution in [-0.4, -0.2) is 23.3 Å². The topological polar surface area (TPSA) is 52.1 Å². The average Bonchev–Trinajstić information content (AvgIpc) is 2.27. The number of carbonyl (C=O) groups excluding carboxylic acids is 1. The summed E-state index contributed by atoms with van der Waals surface area (Å²) in [5, 5.41) is 8.39. The van der Waals surface area contributed by atoms with E-state index in [-0.39, 0.29) is 0 Å². The molecule has 1 heterocycles. The summed E-state index contributed by atoms with van der Waals surface area (Å²) >= 11 is 0. The first kappa shape index (κ1) is 8.62. The molecule has 1 aromatic carbocycles. The second kappa shape index (κ2) is 3.41. The van der Waals surface area contributed by atoms with E-state index in [1.54, 1.807) is 6.07 Å². The predicted octanol–water partition coefficient (Wildman–Crippen LogP) is 1.42. The van der Waals surface area contributed by atoms with Crippen molar-refractivity contribution in [3.05, 3.63) is 36.0 Å². The molecule has 0 N–H and O–H groups in total. The first-order chi connectivity index (χ1) is 6.83. The zero-order valence-electron chi connectivity index (χ0n) is 7.60. The summed E-state index contributed by atoms with van der Waals surface area (Å²) < 4.78 is 4.64. The fourth-order valence-electron chi connectivity index (χ4n) is 1.28. The van der Waals surface area contributed by atoms with Crippen LogP contribution in [0, 0.1) is 0 Å². The summed E-state index contributed by atoms with van der Waals surface area (Å²) in [7, 11) is 1.34. The molecule has 0 radical (unpaired) electrons. The predicted molar refractivity (Wildman–Crippen MR) is 50.9 cm³/mol. The van der Waals surface area contributed by atoms with Crippen LogP contribution in [0.25, 0.3) is 10.9 Å². The molecular formula is C10H8N2O2. The van der Waals surface area contributed by atoms with E-state index in [1.165, 1.54) is 13.3 Å². The quantitative estimate of drug-likeness (QED) is 0.635. The molecule has 4 heteroatoms. The van der Waals surface area contributed by atoms with Crippen molar-refractivity contribution in [3.8, 4) is 0 Å². The van der Waals surface area contributed by atoms with Crippen molar-refractivity contribution in [2.24, 2.45) is 0 Å². The lowest BCUT2D eigenvalue weighted by molar-refractivity contribution is 0.0602. The van der Waals surface area contributed by atoms with Crippen LogP contribution < -0.4 is 0 Å². The normalized spacial score (nSPS) is 10.1. The summed E-state index contributed by atoms with van der Waals surface area (Å²) in [5.74, 6) is -0.392. The van der Waals surface area contributed by atoms with Crippen molar-refractivity contribution in [2.75, 3.05) is 7.11 Å². The van der Waals surface area contributed by atoms with E-state index in [9.17, 15) is 4.79 Å². The number of carbonyl (C=O) groups is 1. The Balaban J connectivity index is 2.71. The van der Waals surface area contributed by atoms with Gasteiger partial charge in [-0.2, -0.15) is 10.2 Å². The first-order valence-electron chi connectivity index (χ1n) is 4.11. The minimum atomic E-state index is -0.392. The van der Waals surface area contributed by atoms with Gasteiger partial charge in [-0.3, -0.25) is 0 Å². The molecule has 0 aliphatic rings. The third-order valence-electron chi connectivity index (χ3n) is 1.95. The van der Waals surface area contributed by atoms with Crippen molar-refractivity contribution in [3.63, 3.8) is 0 Å². The minimum Gasteiger partial charge on any atom is -0.465 e. The second-order valence-electron chi connectivity index (χ2n) is 2.77. The lowest BCUT2D eigenvalue weighted by atomic mass is 10.1. The van der Waals surface area contributed by atoms with Crippen LogP contribution in [0.15, 0.2) is 30.5 Å². The number of benzene rings is 1. The molecule has 0 aliphatic heterocycles. The Bertz CT molecular complexity index is 477. The number of nitrogens with zero attached hydrogens (tertiary/aromatic N) is 2. The third kappa shape index (κ3) is 1.31. The number of esters is 1. The van der Waals surface area contributed by atoms with E-state index >= 15 is 0 Å². The molecule has 70 valence electrons. The van der Waals surface area contributed by atoms with E-state index in [0.717, 1.165) is 5.39 Å². The third-order valence-corrected chi connectivity index (χ3v) is 1.95. The van der Waals surface area contributed by atoms with Gasteiger partial charge >= 0.3 is 5.97 Å². The van der Waals surface area contributed by atoms with Gasteiger partial charge in [0, 0.05) is 5.39 Å². The molecule has 1 aromatic heterocycles. The zero-order chi connectivity index (χ0) is 9.97. The Labute approximate surface area is 80.5 Å². The van der Waals surface area contributed by atoms with Crippen LogP contribution in [0.3, 0.4) is 0 Å². The maximum Gasteiger partial charge on any atom is 0.340 e. The smallest absolute Gasteiger partial charge is 0.340 e. The summed E-state index contributed by atoms with van der Waals surface area (Å²) in [4.78, 5) is 11.3. The molecule has 0 saturated heterocycles. The van der Waals surface area contributed by atoms with Crippen molar-refractivity contribution >= 4 is 16.9 Å². The molecule has 0 amide bonds. The SMILES string of the molecule is COC(=O)c1cnnc2ccccc12. The van der Waals surface area contributed by atoms with E-state index in [1.807, 2.05) is 18.2 Å². The van der Waals surface area contributed by atoms with Gasteiger partial charge in [0.1, 0.15) is 0 Å². The van der Waals surface area contributed by atoms with Gasteiger partial charge < -0.3 is 4.74 Å². The van der Waals surface area contributed by atoms with E-state index in [4.69, 9.17) is 0 Å². The molecule has 2 aromatic rings. The lowest BCUT2D eigenvalue weighted by Crippen LogP contribution is -2.03. The fraction of sp³-hybridized carbons (Fsp3) is 0.100. The van der Waals surface area contributed by atoms with E-state index in [2.05, 4.69) is 14.9 Å². The van der Waals surface area contributed by atoms with Gasteiger partial charge in [-0.15, -0.1) is 0 Å². The minimum absolute atomic E-state index is 0.392. The molecule has 0 fully saturated rings. The van der Waals surface area contributed by atoms with Crippen molar-refractivity contribution in [2.45, 2.75) is 0 Å². The Kier molecular flexibility index (Phi) is 2.10. The highest BCUT2D eigenvalue weighted by atomic mass is 16.5. The summed E-state index contributed by atoms with van der Waals surface area (Å²) in [6.07, 6.45) is 1.41. The number of aromatic nitrogens is 2. The van der Waals surface area contributed by atoms with Crippen LogP contribution in [0.1, 0.15) is 10.4 Å². The standard InChI is InChI=1S/C10H8N2O2/c1-14-10(13)8-6-11-12-9-5-3-2-4-7(8)9/h2-6H,1H3. The molecule has 0 atom stereocenters. The van der Waals surface area contributed by atoms with Crippen molar-refractivity contribution in [1.82, 2.24) is 10.2 Å². The van der Waals surface area contributed by atoms with Gasteiger partial charge in [0.2, 0.25) is 0 Å². The highest BCUT2D eigenvalue weighted by molar-refractivity contribution is 6.02. The molecule has 14 heavy (non-hydrogen) atoms. The molecule has 0 unspecified atom stereocenters. The van der Waals surface area contributed by atoms with Crippen LogP contribution in [-0.2, 0) is 4.74 Å². The molecule has 4 nitrogen and oxygen atoms in total. The number of hydrogen-bond donors (Lipinski definition) is 0. The number of ether oxygens (including phenoxy) is 1. The summed E-state index contributed by atoms with van der Waals surface area (Å²) in [5.41, 5.74) is 1.13. The Morgan fingerprint density at radius 1 is 1.36 bits per heavy atom.